The highest BCUT2D eigenvalue weighted by atomic mass is 16.4. The zero-order valence-corrected chi connectivity index (χ0v) is 12.0. The van der Waals surface area contributed by atoms with Gasteiger partial charge in [-0.1, -0.05) is 24.6 Å². The number of para-hydroxylation sites is 1. The van der Waals surface area contributed by atoms with Crippen molar-refractivity contribution in [2.75, 3.05) is 11.4 Å². The lowest BCUT2D eigenvalue weighted by Gasteiger charge is -2.27. The molecule has 4 heteroatoms. The Morgan fingerprint density at radius 1 is 1.25 bits per heavy atom. The predicted molar refractivity (Wildman–Crippen MR) is 77.7 cm³/mol. The molecule has 108 valence electrons. The number of aliphatic carboxylic acids is 1. The molecule has 0 spiro atoms. The summed E-state index contributed by atoms with van der Waals surface area (Å²) in [5, 5.41) is 9.24. The molecule has 0 saturated heterocycles. The number of carbonyl (C=O) groups is 2. The number of anilines is 1. The Morgan fingerprint density at radius 3 is 2.50 bits per heavy atom. The Bertz CT molecular complexity index is 512. The van der Waals surface area contributed by atoms with E-state index in [0.29, 0.717) is 19.4 Å². The van der Waals surface area contributed by atoms with E-state index in [1.54, 1.807) is 4.90 Å². The zero-order chi connectivity index (χ0) is 14.7. The van der Waals surface area contributed by atoms with Gasteiger partial charge >= 0.3 is 5.97 Å². The van der Waals surface area contributed by atoms with Crippen LogP contribution in [-0.2, 0) is 9.59 Å². The minimum atomic E-state index is -0.846. The number of benzene rings is 1. The van der Waals surface area contributed by atoms with E-state index in [1.807, 2.05) is 38.1 Å². The molecule has 2 atom stereocenters. The Morgan fingerprint density at radius 2 is 1.90 bits per heavy atom. The van der Waals surface area contributed by atoms with Gasteiger partial charge in [-0.05, 0) is 38.3 Å². The van der Waals surface area contributed by atoms with E-state index >= 15 is 0 Å². The monoisotopic (exact) mass is 275 g/mol. The molecule has 0 bridgehead atoms. The molecule has 1 aromatic rings. The van der Waals surface area contributed by atoms with Crippen LogP contribution in [0, 0.1) is 18.8 Å². The van der Waals surface area contributed by atoms with Crippen molar-refractivity contribution in [1.29, 1.82) is 0 Å². The van der Waals surface area contributed by atoms with Crippen LogP contribution < -0.4 is 4.90 Å². The number of rotatable bonds is 4. The fraction of sp³-hybridized carbons (Fsp3) is 0.500. The molecule has 1 amide bonds. The Labute approximate surface area is 119 Å². The molecular formula is C16H21NO3. The maximum absolute atomic E-state index is 12.7. The molecule has 0 heterocycles. The molecular weight excluding hydrogens is 254 g/mol. The maximum atomic E-state index is 12.7. The second kappa shape index (κ2) is 6.07. The first-order chi connectivity index (χ1) is 9.56. The number of carboxylic acid groups (broad SMARTS) is 1. The SMILES string of the molecule is CCN(C(=O)C1CCCC1C(=O)O)c1ccccc1C. The first-order valence-electron chi connectivity index (χ1n) is 7.16. The van der Waals surface area contributed by atoms with Crippen LogP contribution in [0.5, 0.6) is 0 Å². The summed E-state index contributed by atoms with van der Waals surface area (Å²) < 4.78 is 0. The molecule has 2 rings (SSSR count). The van der Waals surface area contributed by atoms with Crippen LogP contribution in [0.1, 0.15) is 31.7 Å². The average Bonchev–Trinajstić information content (AvgIpc) is 2.91. The summed E-state index contributed by atoms with van der Waals surface area (Å²) in [7, 11) is 0. The van der Waals surface area contributed by atoms with Gasteiger partial charge in [0.2, 0.25) is 5.91 Å². The van der Waals surface area contributed by atoms with Gasteiger partial charge in [0.1, 0.15) is 0 Å². The van der Waals surface area contributed by atoms with Crippen LogP contribution in [0.3, 0.4) is 0 Å². The van der Waals surface area contributed by atoms with Crippen LogP contribution >= 0.6 is 0 Å². The molecule has 2 unspecified atom stereocenters. The quantitative estimate of drug-likeness (QED) is 0.919. The van der Waals surface area contributed by atoms with Crippen molar-refractivity contribution in [3.05, 3.63) is 29.8 Å². The van der Waals surface area contributed by atoms with Crippen molar-refractivity contribution in [3.8, 4) is 0 Å². The molecule has 1 aromatic carbocycles. The van der Waals surface area contributed by atoms with Crippen molar-refractivity contribution in [2.45, 2.75) is 33.1 Å². The molecule has 20 heavy (non-hydrogen) atoms. The van der Waals surface area contributed by atoms with Crippen LogP contribution in [0.4, 0.5) is 5.69 Å². The minimum Gasteiger partial charge on any atom is -0.481 e. The number of amides is 1. The summed E-state index contributed by atoms with van der Waals surface area (Å²) in [4.78, 5) is 25.7. The lowest BCUT2D eigenvalue weighted by molar-refractivity contribution is -0.145. The molecule has 1 N–H and O–H groups in total. The van der Waals surface area contributed by atoms with Gasteiger partial charge in [0, 0.05) is 12.2 Å². The van der Waals surface area contributed by atoms with E-state index in [2.05, 4.69) is 0 Å². The third-order valence-corrected chi connectivity index (χ3v) is 4.14. The first-order valence-corrected chi connectivity index (χ1v) is 7.16. The Kier molecular flexibility index (Phi) is 4.42. The number of carbonyl (C=O) groups excluding carboxylic acids is 1. The summed E-state index contributed by atoms with van der Waals surface area (Å²) in [6.07, 6.45) is 2.11. The van der Waals surface area contributed by atoms with Crippen LogP contribution in [0.25, 0.3) is 0 Å². The van der Waals surface area contributed by atoms with Crippen molar-refractivity contribution in [3.63, 3.8) is 0 Å². The lowest BCUT2D eigenvalue weighted by atomic mass is 9.94. The normalized spacial score (nSPS) is 21.7. The summed E-state index contributed by atoms with van der Waals surface area (Å²) in [5.41, 5.74) is 1.92. The minimum absolute atomic E-state index is 0.0494. The van der Waals surface area contributed by atoms with Gasteiger partial charge in [0.15, 0.2) is 0 Å². The van der Waals surface area contributed by atoms with E-state index in [0.717, 1.165) is 17.7 Å². The lowest BCUT2D eigenvalue weighted by Crippen LogP contribution is -2.39. The van der Waals surface area contributed by atoms with E-state index in [1.165, 1.54) is 0 Å². The number of hydrogen-bond donors (Lipinski definition) is 1. The molecule has 1 saturated carbocycles. The van der Waals surface area contributed by atoms with E-state index in [-0.39, 0.29) is 11.8 Å². The molecule has 1 aliphatic rings. The predicted octanol–water partition coefficient (Wildman–Crippen LogP) is 2.85. The number of carboxylic acids is 1. The third-order valence-electron chi connectivity index (χ3n) is 4.14. The van der Waals surface area contributed by atoms with E-state index in [4.69, 9.17) is 0 Å². The van der Waals surface area contributed by atoms with Gasteiger partial charge in [-0.3, -0.25) is 9.59 Å². The largest absolute Gasteiger partial charge is 0.481 e. The molecule has 0 aliphatic heterocycles. The number of hydrogen-bond acceptors (Lipinski definition) is 2. The van der Waals surface area contributed by atoms with Crippen LogP contribution in [-0.4, -0.2) is 23.5 Å². The zero-order valence-electron chi connectivity index (χ0n) is 12.0. The topological polar surface area (TPSA) is 57.6 Å². The number of aryl methyl sites for hydroxylation is 1. The van der Waals surface area contributed by atoms with Crippen LogP contribution in [0.2, 0.25) is 0 Å². The van der Waals surface area contributed by atoms with Crippen molar-refractivity contribution >= 4 is 17.6 Å². The summed E-state index contributed by atoms with van der Waals surface area (Å²) in [5.74, 6) is -1.80. The van der Waals surface area contributed by atoms with Gasteiger partial charge in [-0.15, -0.1) is 0 Å². The smallest absolute Gasteiger partial charge is 0.307 e. The van der Waals surface area contributed by atoms with Crippen LogP contribution in [0.15, 0.2) is 24.3 Å². The Balaban J connectivity index is 2.26. The second-order valence-electron chi connectivity index (χ2n) is 5.35. The summed E-state index contributed by atoms with van der Waals surface area (Å²) in [6, 6.07) is 7.73. The van der Waals surface area contributed by atoms with Gasteiger partial charge < -0.3 is 10.0 Å². The standard InChI is InChI=1S/C16H21NO3/c1-3-17(14-10-5-4-7-11(14)2)15(18)12-8-6-9-13(12)16(19)20/h4-5,7,10,12-13H,3,6,8-9H2,1-2H3,(H,19,20). The fourth-order valence-electron chi connectivity index (χ4n) is 3.06. The van der Waals surface area contributed by atoms with Gasteiger partial charge in [-0.25, -0.2) is 0 Å². The van der Waals surface area contributed by atoms with Crippen molar-refractivity contribution in [1.82, 2.24) is 0 Å². The highest BCUT2D eigenvalue weighted by molar-refractivity contribution is 5.98. The van der Waals surface area contributed by atoms with Gasteiger partial charge in [-0.2, -0.15) is 0 Å². The maximum Gasteiger partial charge on any atom is 0.307 e. The van der Waals surface area contributed by atoms with Gasteiger partial charge in [0.25, 0.3) is 0 Å². The number of nitrogens with zero attached hydrogens (tertiary/aromatic N) is 1. The average molecular weight is 275 g/mol. The Hall–Kier alpha value is -1.84. The first kappa shape index (κ1) is 14.6. The fourth-order valence-corrected chi connectivity index (χ4v) is 3.06. The van der Waals surface area contributed by atoms with E-state index in [9.17, 15) is 14.7 Å². The van der Waals surface area contributed by atoms with Crippen molar-refractivity contribution in [2.24, 2.45) is 11.8 Å². The summed E-state index contributed by atoms with van der Waals surface area (Å²) >= 11 is 0. The van der Waals surface area contributed by atoms with Gasteiger partial charge in [0.05, 0.1) is 11.8 Å². The molecule has 0 radical (unpaired) electrons. The highest BCUT2D eigenvalue weighted by Gasteiger charge is 2.39. The molecule has 1 fully saturated rings. The molecule has 1 aliphatic carbocycles. The summed E-state index contributed by atoms with van der Waals surface area (Å²) in [6.45, 7) is 4.45. The third kappa shape index (κ3) is 2.69. The van der Waals surface area contributed by atoms with Crippen molar-refractivity contribution < 1.29 is 14.7 Å². The molecule has 0 aromatic heterocycles. The van der Waals surface area contributed by atoms with E-state index < -0.39 is 11.9 Å². The highest BCUT2D eigenvalue weighted by Crippen LogP contribution is 2.35. The second-order valence-corrected chi connectivity index (χ2v) is 5.35. The molecule has 4 nitrogen and oxygen atoms in total.